The summed E-state index contributed by atoms with van der Waals surface area (Å²) in [6.07, 6.45) is 0.871. The van der Waals surface area contributed by atoms with Crippen LogP contribution in [0.2, 0.25) is 0 Å². The molecule has 2 aliphatic heterocycles. The van der Waals surface area contributed by atoms with Crippen molar-refractivity contribution in [2.45, 2.75) is 44.5 Å². The quantitative estimate of drug-likeness (QED) is 0.440. The highest BCUT2D eigenvalue weighted by atomic mass is 19.3. The van der Waals surface area contributed by atoms with Crippen molar-refractivity contribution in [2.75, 3.05) is 31.5 Å². The summed E-state index contributed by atoms with van der Waals surface area (Å²) in [5.41, 5.74) is 1.23. The highest BCUT2D eigenvalue weighted by Crippen LogP contribution is 2.33. The monoisotopic (exact) mass is 486 g/mol. The van der Waals surface area contributed by atoms with Crippen molar-refractivity contribution < 1.29 is 18.7 Å². The van der Waals surface area contributed by atoms with Crippen LogP contribution in [-0.2, 0) is 4.79 Å². The van der Waals surface area contributed by atoms with Crippen LogP contribution in [0.4, 0.5) is 14.5 Å². The minimum Gasteiger partial charge on any atom is -0.368 e. The Balaban J connectivity index is 1.24. The van der Waals surface area contributed by atoms with Crippen molar-refractivity contribution in [3.8, 4) is 11.4 Å². The van der Waals surface area contributed by atoms with Crippen LogP contribution < -0.4 is 5.32 Å². The molecule has 10 nitrogen and oxygen atoms in total. The van der Waals surface area contributed by atoms with Crippen LogP contribution in [0.3, 0.4) is 0 Å². The second kappa shape index (κ2) is 9.70. The Morgan fingerprint density at radius 1 is 1.20 bits per heavy atom. The predicted molar refractivity (Wildman–Crippen MR) is 123 cm³/mol. The molecular weight excluding hydrogens is 458 g/mol. The molecule has 0 saturated carbocycles. The van der Waals surface area contributed by atoms with Crippen LogP contribution in [0.1, 0.15) is 49.8 Å². The summed E-state index contributed by atoms with van der Waals surface area (Å²) < 4.78 is 29.0. The van der Waals surface area contributed by atoms with Crippen molar-refractivity contribution in [1.82, 2.24) is 34.8 Å². The van der Waals surface area contributed by atoms with Crippen LogP contribution in [0.15, 0.2) is 36.7 Å². The van der Waals surface area contributed by atoms with Gasteiger partial charge >= 0.3 is 0 Å². The van der Waals surface area contributed by atoms with E-state index < -0.39 is 18.3 Å². The maximum atomic E-state index is 13.7. The van der Waals surface area contributed by atoms with Gasteiger partial charge in [0.25, 0.3) is 6.43 Å². The lowest BCUT2D eigenvalue weighted by Gasteiger charge is -2.47. The summed E-state index contributed by atoms with van der Waals surface area (Å²) in [6, 6.07) is 7.22. The van der Waals surface area contributed by atoms with Crippen LogP contribution in [0.5, 0.6) is 0 Å². The second-order valence-corrected chi connectivity index (χ2v) is 9.02. The van der Waals surface area contributed by atoms with Gasteiger partial charge in [-0.1, -0.05) is 6.07 Å². The topological polar surface area (TPSA) is 115 Å². The van der Waals surface area contributed by atoms with Gasteiger partial charge in [0.1, 0.15) is 0 Å². The van der Waals surface area contributed by atoms with E-state index in [0.29, 0.717) is 30.5 Å². The number of alkyl halides is 2. The van der Waals surface area contributed by atoms with Gasteiger partial charge in [-0.3, -0.25) is 19.5 Å². The highest BCUT2D eigenvalue weighted by Gasteiger charge is 2.36. The lowest BCUT2D eigenvalue weighted by atomic mass is 9.97. The van der Waals surface area contributed by atoms with Gasteiger partial charge in [0.15, 0.2) is 11.9 Å². The second-order valence-electron chi connectivity index (χ2n) is 9.02. The van der Waals surface area contributed by atoms with Gasteiger partial charge in [-0.2, -0.15) is 10.2 Å². The molecule has 186 valence electrons. The number of hydrogen-bond donors (Lipinski definition) is 3. The molecule has 0 bridgehead atoms. The number of nitrogens with zero attached hydrogens (tertiary/aromatic N) is 6. The number of rotatable bonds is 7. The molecule has 5 heterocycles. The normalized spacial score (nSPS) is 18.6. The first-order chi connectivity index (χ1) is 16.9. The van der Waals surface area contributed by atoms with Gasteiger partial charge in [-0.15, -0.1) is 0 Å². The molecule has 0 radical (unpaired) electrons. The van der Waals surface area contributed by atoms with Crippen molar-refractivity contribution in [2.24, 2.45) is 0 Å². The standard InChI is InChI=1S/C23H28F2N8O2/c1-14(34)31-9-6-15(7-10-31)32-11-16(12-32)33-13-20(21(30-33)22(24)25)28-23(35)19-4-2-3-17(27-19)18-5-8-26-29-18/h2-5,8,13,15-16,22-23,28,35H,6-7,9-12H2,1H3,(H,26,29). The summed E-state index contributed by atoms with van der Waals surface area (Å²) in [5.74, 6) is 0.103. The van der Waals surface area contributed by atoms with E-state index in [1.165, 1.54) is 6.20 Å². The lowest BCUT2D eigenvalue weighted by molar-refractivity contribution is -0.130. The number of nitrogens with one attached hydrogen (secondary N) is 2. The number of amides is 1. The van der Waals surface area contributed by atoms with E-state index in [0.717, 1.165) is 25.9 Å². The third kappa shape index (κ3) is 4.89. The molecule has 0 spiro atoms. The van der Waals surface area contributed by atoms with Crippen LogP contribution in [0.25, 0.3) is 11.4 Å². The van der Waals surface area contributed by atoms with E-state index in [2.05, 4.69) is 30.5 Å². The fourth-order valence-electron chi connectivity index (χ4n) is 4.74. The van der Waals surface area contributed by atoms with Gasteiger partial charge in [0.05, 0.1) is 28.8 Å². The Morgan fingerprint density at radius 3 is 2.63 bits per heavy atom. The van der Waals surface area contributed by atoms with Crippen LogP contribution in [0, 0.1) is 0 Å². The molecular formula is C23H28F2N8O2. The maximum absolute atomic E-state index is 13.7. The molecule has 5 rings (SSSR count). The van der Waals surface area contributed by atoms with Crippen LogP contribution in [-0.4, -0.2) is 78.0 Å². The molecule has 1 amide bonds. The fraction of sp³-hybridized carbons (Fsp3) is 0.478. The fourth-order valence-corrected chi connectivity index (χ4v) is 4.74. The van der Waals surface area contributed by atoms with E-state index in [9.17, 15) is 18.7 Å². The molecule has 3 aromatic heterocycles. The number of pyridine rings is 1. The zero-order valence-corrected chi connectivity index (χ0v) is 19.3. The smallest absolute Gasteiger partial charge is 0.284 e. The first-order valence-electron chi connectivity index (χ1n) is 11.7. The van der Waals surface area contributed by atoms with Gasteiger partial charge < -0.3 is 15.3 Å². The van der Waals surface area contributed by atoms with Crippen molar-refractivity contribution in [1.29, 1.82) is 0 Å². The third-order valence-electron chi connectivity index (χ3n) is 6.78. The number of H-pyrrole nitrogens is 1. The van der Waals surface area contributed by atoms with Crippen LogP contribution >= 0.6 is 0 Å². The van der Waals surface area contributed by atoms with Crippen molar-refractivity contribution in [3.63, 3.8) is 0 Å². The molecule has 2 fully saturated rings. The Labute approximate surface area is 200 Å². The SMILES string of the molecule is CC(=O)N1CCC(N2CC(n3cc(NC(O)c4cccc(-c5ccn[nH]5)n4)c(C(F)F)n3)C2)CC1. The summed E-state index contributed by atoms with van der Waals surface area (Å²) >= 11 is 0. The van der Waals surface area contributed by atoms with E-state index >= 15 is 0 Å². The minimum atomic E-state index is -2.79. The number of hydrogen-bond acceptors (Lipinski definition) is 7. The Morgan fingerprint density at radius 2 is 1.97 bits per heavy atom. The first-order valence-corrected chi connectivity index (χ1v) is 11.7. The number of aliphatic hydroxyl groups excluding tert-OH is 1. The molecule has 35 heavy (non-hydrogen) atoms. The number of aromatic amines is 1. The third-order valence-corrected chi connectivity index (χ3v) is 6.78. The van der Waals surface area contributed by atoms with E-state index in [-0.39, 0.29) is 23.3 Å². The van der Waals surface area contributed by atoms with Crippen molar-refractivity contribution in [3.05, 3.63) is 48.0 Å². The average Bonchev–Trinajstić information content (AvgIpc) is 3.49. The number of aromatic nitrogens is 5. The summed E-state index contributed by atoms with van der Waals surface area (Å²) in [4.78, 5) is 20.1. The molecule has 0 aromatic carbocycles. The Hall–Kier alpha value is -3.38. The zero-order chi connectivity index (χ0) is 24.5. The molecule has 12 heteroatoms. The number of piperidine rings is 1. The number of halogens is 2. The zero-order valence-electron chi connectivity index (χ0n) is 19.3. The summed E-state index contributed by atoms with van der Waals surface area (Å²) in [6.45, 7) is 4.52. The maximum Gasteiger partial charge on any atom is 0.284 e. The first kappa shape index (κ1) is 23.4. The number of likely N-dealkylation sites (tertiary alicyclic amines) is 2. The largest absolute Gasteiger partial charge is 0.368 e. The summed E-state index contributed by atoms with van der Waals surface area (Å²) in [7, 11) is 0. The molecule has 3 N–H and O–H groups in total. The molecule has 3 aromatic rings. The lowest BCUT2D eigenvalue weighted by Crippen LogP contribution is -2.56. The van der Waals surface area contributed by atoms with Crippen molar-refractivity contribution >= 4 is 11.6 Å². The highest BCUT2D eigenvalue weighted by molar-refractivity contribution is 5.73. The van der Waals surface area contributed by atoms with Gasteiger partial charge in [0, 0.05) is 51.5 Å². The molecule has 2 aliphatic rings. The number of carbonyl (C=O) groups is 1. The van der Waals surface area contributed by atoms with E-state index in [4.69, 9.17) is 0 Å². The molecule has 1 unspecified atom stereocenters. The van der Waals surface area contributed by atoms with E-state index in [1.54, 1.807) is 42.1 Å². The average molecular weight is 487 g/mol. The molecule has 0 aliphatic carbocycles. The predicted octanol–water partition coefficient (Wildman–Crippen LogP) is 2.58. The Bertz CT molecular complexity index is 1150. The van der Waals surface area contributed by atoms with Gasteiger partial charge in [-0.05, 0) is 31.0 Å². The molecule has 2 saturated heterocycles. The van der Waals surface area contributed by atoms with Gasteiger partial charge in [0.2, 0.25) is 5.91 Å². The molecule has 1 atom stereocenters. The van der Waals surface area contributed by atoms with Gasteiger partial charge in [-0.25, -0.2) is 13.8 Å². The Kier molecular flexibility index (Phi) is 6.48. The number of carbonyl (C=O) groups excluding carboxylic acids is 1. The number of anilines is 1. The van der Waals surface area contributed by atoms with E-state index in [1.807, 2.05) is 4.90 Å². The number of aliphatic hydroxyl groups is 1. The minimum absolute atomic E-state index is 0.0205. The summed E-state index contributed by atoms with van der Waals surface area (Å²) in [5, 5.41) is 24.3.